The third-order valence-corrected chi connectivity index (χ3v) is 5.57. The van der Waals surface area contributed by atoms with E-state index in [0.717, 1.165) is 18.1 Å². The van der Waals surface area contributed by atoms with Gasteiger partial charge in [0.25, 0.3) is 5.78 Å². The Kier molecular flexibility index (Phi) is 4.12. The first-order chi connectivity index (χ1) is 11.8. The van der Waals surface area contributed by atoms with Crippen molar-refractivity contribution in [3.8, 4) is 0 Å². The van der Waals surface area contributed by atoms with Crippen molar-refractivity contribution in [3.05, 3.63) is 48.4 Å². The fourth-order valence-electron chi connectivity index (χ4n) is 2.65. The Morgan fingerprint density at radius 1 is 1.29 bits per heavy atom. The summed E-state index contributed by atoms with van der Waals surface area (Å²) in [5, 5.41) is 7.80. The predicted octanol–water partition coefficient (Wildman–Crippen LogP) is 3.01. The molecule has 1 N–H and O–H groups in total. The first-order valence-electron chi connectivity index (χ1n) is 7.95. The molecule has 7 heteroatoms. The molecular weight excluding hydrogens is 322 g/mol. The molecule has 1 aromatic carbocycles. The second kappa shape index (κ2) is 6.41. The lowest BCUT2D eigenvalue weighted by Crippen LogP contribution is -2.20. The van der Waals surface area contributed by atoms with Crippen molar-refractivity contribution in [1.82, 2.24) is 19.6 Å². The fraction of sp³-hybridized carbons (Fsp3) is 0.353. The van der Waals surface area contributed by atoms with Gasteiger partial charge in [-0.2, -0.15) is 14.6 Å². The molecule has 2 heterocycles. The second-order valence-corrected chi connectivity index (χ2v) is 7.53. The number of hydrogen-bond acceptors (Lipinski definition) is 6. The number of rotatable bonds is 7. The second-order valence-electron chi connectivity index (χ2n) is 5.99. The Hall–Kier alpha value is -2.12. The van der Waals surface area contributed by atoms with Gasteiger partial charge >= 0.3 is 0 Å². The Morgan fingerprint density at radius 3 is 2.88 bits per heavy atom. The Bertz CT molecular complexity index is 831. The highest BCUT2D eigenvalue weighted by Gasteiger charge is 2.43. The number of benzene rings is 1. The number of methoxy groups -OCH3 is 1. The van der Waals surface area contributed by atoms with Crippen LogP contribution in [0, 0.1) is 0 Å². The van der Waals surface area contributed by atoms with Crippen molar-refractivity contribution in [3.63, 3.8) is 0 Å². The first-order valence-corrected chi connectivity index (χ1v) is 8.76. The minimum absolute atomic E-state index is 0.263. The molecule has 0 bridgehead atoms. The van der Waals surface area contributed by atoms with Crippen LogP contribution in [0.25, 0.3) is 5.78 Å². The lowest BCUT2D eigenvalue weighted by Gasteiger charge is -2.17. The third kappa shape index (κ3) is 3.22. The maximum Gasteiger partial charge on any atom is 0.254 e. The fourth-order valence-corrected chi connectivity index (χ4v) is 3.90. The van der Waals surface area contributed by atoms with Gasteiger partial charge in [0.15, 0.2) is 0 Å². The molecule has 0 amide bonds. The molecule has 0 spiro atoms. The zero-order valence-electron chi connectivity index (χ0n) is 13.5. The summed E-state index contributed by atoms with van der Waals surface area (Å²) in [7, 11) is 1.67. The van der Waals surface area contributed by atoms with Crippen LogP contribution in [0.3, 0.4) is 0 Å². The van der Waals surface area contributed by atoms with Gasteiger partial charge < -0.3 is 10.1 Å². The van der Waals surface area contributed by atoms with E-state index in [-0.39, 0.29) is 4.75 Å². The molecule has 2 aromatic heterocycles. The Morgan fingerprint density at radius 2 is 2.12 bits per heavy atom. The molecular formula is C17H19N5OS. The monoisotopic (exact) mass is 341 g/mol. The zero-order valence-corrected chi connectivity index (χ0v) is 14.3. The topological polar surface area (TPSA) is 64.3 Å². The first kappa shape index (κ1) is 15.4. The summed E-state index contributed by atoms with van der Waals surface area (Å²) >= 11 is 1.95. The van der Waals surface area contributed by atoms with Crippen LogP contribution in [-0.4, -0.2) is 38.0 Å². The number of hydrogen-bond donors (Lipinski definition) is 1. The van der Waals surface area contributed by atoms with Crippen LogP contribution in [0.15, 0.2) is 47.6 Å². The Labute approximate surface area is 144 Å². The summed E-state index contributed by atoms with van der Waals surface area (Å²) in [6.07, 6.45) is 3.96. The molecule has 0 unspecified atom stereocenters. The van der Waals surface area contributed by atoms with E-state index in [1.165, 1.54) is 24.1 Å². The Balaban J connectivity index is 1.51. The molecule has 124 valence electrons. The summed E-state index contributed by atoms with van der Waals surface area (Å²) in [6.45, 7) is 1.35. The highest BCUT2D eigenvalue weighted by atomic mass is 32.2. The smallest absolute Gasteiger partial charge is 0.254 e. The van der Waals surface area contributed by atoms with Crippen molar-refractivity contribution >= 4 is 23.4 Å². The van der Waals surface area contributed by atoms with Gasteiger partial charge in [0.2, 0.25) is 0 Å². The van der Waals surface area contributed by atoms with E-state index in [1.807, 2.05) is 17.8 Å². The number of aromatic nitrogens is 4. The molecule has 0 radical (unpaired) electrons. The number of thioether (sulfide) groups is 1. The van der Waals surface area contributed by atoms with E-state index in [9.17, 15) is 0 Å². The van der Waals surface area contributed by atoms with Crippen LogP contribution in [0.1, 0.15) is 18.5 Å². The standard InChI is InChI=1S/C17H19N5OS/c1-23-10-13-9-15(22-16(21-13)19-12-20-22)18-11-17(7-8-17)24-14-5-3-2-4-6-14/h2-6,9,12,18H,7-8,10-11H2,1H3. The van der Waals surface area contributed by atoms with Crippen LogP contribution >= 0.6 is 11.8 Å². The summed E-state index contributed by atoms with van der Waals surface area (Å²) in [5.41, 5.74) is 0.848. The minimum atomic E-state index is 0.263. The van der Waals surface area contributed by atoms with Crippen molar-refractivity contribution in [2.45, 2.75) is 29.1 Å². The molecule has 0 saturated heterocycles. The van der Waals surface area contributed by atoms with E-state index in [0.29, 0.717) is 12.4 Å². The van der Waals surface area contributed by atoms with Crippen LogP contribution in [-0.2, 0) is 11.3 Å². The summed E-state index contributed by atoms with van der Waals surface area (Å²) in [6, 6.07) is 12.6. The summed E-state index contributed by atoms with van der Waals surface area (Å²) in [4.78, 5) is 9.94. The van der Waals surface area contributed by atoms with Crippen LogP contribution in [0.4, 0.5) is 5.82 Å². The zero-order chi connectivity index (χ0) is 16.4. The average Bonchev–Trinajstić information content (AvgIpc) is 3.18. The summed E-state index contributed by atoms with van der Waals surface area (Å²) in [5.74, 6) is 1.50. The van der Waals surface area contributed by atoms with E-state index >= 15 is 0 Å². The van der Waals surface area contributed by atoms with Crippen molar-refractivity contribution < 1.29 is 4.74 Å². The van der Waals surface area contributed by atoms with Crippen LogP contribution in [0.2, 0.25) is 0 Å². The lowest BCUT2D eigenvalue weighted by atomic mass is 10.3. The molecule has 1 fully saturated rings. The van der Waals surface area contributed by atoms with Crippen molar-refractivity contribution in [2.24, 2.45) is 0 Å². The number of nitrogens with one attached hydrogen (secondary N) is 1. The molecule has 3 aromatic rings. The van der Waals surface area contributed by atoms with Gasteiger partial charge in [-0.05, 0) is 25.0 Å². The van der Waals surface area contributed by atoms with E-state index in [4.69, 9.17) is 4.74 Å². The van der Waals surface area contributed by atoms with E-state index in [2.05, 4.69) is 50.7 Å². The lowest BCUT2D eigenvalue weighted by molar-refractivity contribution is 0.181. The molecule has 1 aliphatic carbocycles. The quantitative estimate of drug-likeness (QED) is 0.713. The minimum Gasteiger partial charge on any atom is -0.378 e. The van der Waals surface area contributed by atoms with Gasteiger partial charge in [0.1, 0.15) is 12.1 Å². The van der Waals surface area contributed by atoms with Gasteiger partial charge in [0.05, 0.1) is 12.3 Å². The molecule has 24 heavy (non-hydrogen) atoms. The number of ether oxygens (including phenoxy) is 1. The molecule has 4 rings (SSSR count). The number of anilines is 1. The van der Waals surface area contributed by atoms with Gasteiger partial charge in [0, 0.05) is 29.4 Å². The average molecular weight is 341 g/mol. The van der Waals surface area contributed by atoms with Crippen LogP contribution < -0.4 is 5.32 Å². The normalized spacial score (nSPS) is 15.5. The van der Waals surface area contributed by atoms with Gasteiger partial charge in [-0.15, -0.1) is 11.8 Å². The molecule has 0 aliphatic heterocycles. The molecule has 1 saturated carbocycles. The molecule has 6 nitrogen and oxygen atoms in total. The maximum absolute atomic E-state index is 5.19. The summed E-state index contributed by atoms with van der Waals surface area (Å²) < 4.78 is 7.19. The highest BCUT2D eigenvalue weighted by Crippen LogP contribution is 2.51. The largest absolute Gasteiger partial charge is 0.378 e. The van der Waals surface area contributed by atoms with Gasteiger partial charge in [-0.25, -0.2) is 4.98 Å². The van der Waals surface area contributed by atoms with E-state index < -0.39 is 0 Å². The SMILES string of the molecule is COCc1cc(NCC2(Sc3ccccc3)CC2)n2ncnc2n1. The van der Waals surface area contributed by atoms with Gasteiger partial charge in [-0.3, -0.25) is 0 Å². The van der Waals surface area contributed by atoms with Crippen molar-refractivity contribution in [1.29, 1.82) is 0 Å². The van der Waals surface area contributed by atoms with Crippen molar-refractivity contribution in [2.75, 3.05) is 19.0 Å². The van der Waals surface area contributed by atoms with Gasteiger partial charge in [-0.1, -0.05) is 18.2 Å². The third-order valence-electron chi connectivity index (χ3n) is 4.07. The highest BCUT2D eigenvalue weighted by molar-refractivity contribution is 8.01. The van der Waals surface area contributed by atoms with E-state index in [1.54, 1.807) is 11.6 Å². The molecule has 1 aliphatic rings. The van der Waals surface area contributed by atoms with Crippen LogP contribution in [0.5, 0.6) is 0 Å². The molecule has 0 atom stereocenters. The number of fused-ring (bicyclic) bond motifs is 1. The predicted molar refractivity (Wildman–Crippen MR) is 94.2 cm³/mol. The number of nitrogens with zero attached hydrogens (tertiary/aromatic N) is 4. The maximum atomic E-state index is 5.19.